The van der Waals surface area contributed by atoms with E-state index in [-0.39, 0.29) is 17.3 Å². The van der Waals surface area contributed by atoms with Crippen LogP contribution in [0, 0.1) is 0 Å². The largest absolute Gasteiger partial charge is 0.494 e. The molecule has 0 amide bonds. The number of aromatic carboxylic acids is 1. The van der Waals surface area contributed by atoms with Gasteiger partial charge in [0.2, 0.25) is 5.95 Å². The van der Waals surface area contributed by atoms with Crippen LogP contribution in [0.1, 0.15) is 10.4 Å². The fraction of sp³-hybridized carbons (Fsp3) is 0.0833. The van der Waals surface area contributed by atoms with Crippen LogP contribution >= 0.6 is 0 Å². The third kappa shape index (κ3) is 4.55. The molecule has 3 heterocycles. The third-order valence-electron chi connectivity index (χ3n) is 5.19. The molecule has 0 spiro atoms. The average molecular weight is 483 g/mol. The standard InChI is InChI=1S/C24H21N9O3/c1-32-14-26-21(31-32)17-9-6-10-19(20(17)36-2)29-22-18(23(34)35)12-25-24(30-22)28-15-11-27-33(13-15)16-7-4-3-5-8-16/h3-14H,1-2H3,(H,34,35)(H2,25,28,29,30). The van der Waals surface area contributed by atoms with Gasteiger partial charge in [-0.1, -0.05) is 24.3 Å². The molecule has 0 fully saturated rings. The second kappa shape index (κ2) is 9.54. The number of methoxy groups -OCH3 is 1. The number of hydrogen-bond acceptors (Lipinski definition) is 9. The van der Waals surface area contributed by atoms with E-state index < -0.39 is 5.97 Å². The molecule has 5 rings (SSSR count). The topological polar surface area (TPSA) is 145 Å². The molecule has 3 N–H and O–H groups in total. The molecule has 0 bridgehead atoms. The van der Waals surface area contributed by atoms with Crippen molar-refractivity contribution >= 4 is 29.1 Å². The quantitative estimate of drug-likeness (QED) is 0.299. The summed E-state index contributed by atoms with van der Waals surface area (Å²) in [5.41, 5.74) is 2.55. The predicted octanol–water partition coefficient (Wildman–Crippen LogP) is 3.65. The van der Waals surface area contributed by atoms with Crippen LogP contribution in [0.5, 0.6) is 5.75 Å². The van der Waals surface area contributed by atoms with E-state index in [9.17, 15) is 9.90 Å². The van der Waals surface area contributed by atoms with Gasteiger partial charge < -0.3 is 20.5 Å². The maximum Gasteiger partial charge on any atom is 0.341 e. The molecule has 12 heteroatoms. The van der Waals surface area contributed by atoms with Crippen molar-refractivity contribution in [1.82, 2.24) is 34.5 Å². The van der Waals surface area contributed by atoms with Gasteiger partial charge in [-0.15, -0.1) is 0 Å². The lowest BCUT2D eigenvalue weighted by Gasteiger charge is -2.15. The molecule has 2 aromatic carbocycles. The van der Waals surface area contributed by atoms with Gasteiger partial charge in [0.15, 0.2) is 17.4 Å². The maximum absolute atomic E-state index is 11.9. The SMILES string of the molecule is COc1c(Nc2nc(Nc3cnn(-c4ccccc4)c3)ncc2C(=O)O)cccc1-c1ncn(C)n1. The lowest BCUT2D eigenvalue weighted by atomic mass is 10.1. The Balaban J connectivity index is 1.46. The molecule has 0 aliphatic heterocycles. The molecular formula is C24H21N9O3. The van der Waals surface area contributed by atoms with Crippen molar-refractivity contribution in [2.45, 2.75) is 0 Å². The number of anilines is 4. The lowest BCUT2D eigenvalue weighted by molar-refractivity contribution is 0.0697. The highest BCUT2D eigenvalue weighted by atomic mass is 16.5. The van der Waals surface area contributed by atoms with Crippen LogP contribution in [-0.4, -0.2) is 52.7 Å². The number of nitrogens with one attached hydrogen (secondary N) is 2. The summed E-state index contributed by atoms with van der Waals surface area (Å²) < 4.78 is 8.90. The highest BCUT2D eigenvalue weighted by Crippen LogP contribution is 2.36. The minimum absolute atomic E-state index is 0.0832. The zero-order valence-electron chi connectivity index (χ0n) is 19.3. The Hall–Kier alpha value is -5.26. The second-order valence-electron chi connectivity index (χ2n) is 7.65. The van der Waals surface area contributed by atoms with Crippen LogP contribution in [0.15, 0.2) is 73.4 Å². The zero-order chi connectivity index (χ0) is 25.1. The van der Waals surface area contributed by atoms with Gasteiger partial charge in [-0.25, -0.2) is 19.4 Å². The van der Waals surface area contributed by atoms with Gasteiger partial charge in [0.1, 0.15) is 11.9 Å². The monoisotopic (exact) mass is 483 g/mol. The molecule has 0 atom stereocenters. The molecule has 0 aliphatic rings. The molecule has 0 aliphatic carbocycles. The first-order valence-electron chi connectivity index (χ1n) is 10.8. The van der Waals surface area contributed by atoms with Gasteiger partial charge in [-0.05, 0) is 24.3 Å². The Morgan fingerprint density at radius 2 is 1.86 bits per heavy atom. The highest BCUT2D eigenvalue weighted by molar-refractivity contribution is 5.94. The molecule has 3 aromatic heterocycles. The van der Waals surface area contributed by atoms with Crippen molar-refractivity contribution in [2.24, 2.45) is 7.05 Å². The molecule has 0 unspecified atom stereocenters. The van der Waals surface area contributed by atoms with E-state index in [0.29, 0.717) is 28.5 Å². The van der Waals surface area contributed by atoms with E-state index in [0.717, 1.165) is 5.69 Å². The lowest BCUT2D eigenvalue weighted by Crippen LogP contribution is -2.09. The number of benzene rings is 2. The Kier molecular flexibility index (Phi) is 5.97. The smallest absolute Gasteiger partial charge is 0.341 e. The summed E-state index contributed by atoms with van der Waals surface area (Å²) in [6, 6.07) is 15.0. The van der Waals surface area contributed by atoms with Crippen molar-refractivity contribution in [3.63, 3.8) is 0 Å². The summed E-state index contributed by atoms with van der Waals surface area (Å²) in [5, 5.41) is 24.5. The first-order valence-corrected chi connectivity index (χ1v) is 10.8. The Morgan fingerprint density at radius 1 is 1.03 bits per heavy atom. The second-order valence-corrected chi connectivity index (χ2v) is 7.65. The van der Waals surface area contributed by atoms with E-state index in [2.05, 4.69) is 35.8 Å². The molecule has 180 valence electrons. The Morgan fingerprint density at radius 3 is 2.58 bits per heavy atom. The van der Waals surface area contributed by atoms with Crippen LogP contribution < -0.4 is 15.4 Å². The van der Waals surface area contributed by atoms with E-state index >= 15 is 0 Å². The highest BCUT2D eigenvalue weighted by Gasteiger charge is 2.19. The molecule has 5 aromatic rings. The predicted molar refractivity (Wildman–Crippen MR) is 132 cm³/mol. The third-order valence-corrected chi connectivity index (χ3v) is 5.19. The van der Waals surface area contributed by atoms with Crippen molar-refractivity contribution in [3.8, 4) is 22.8 Å². The summed E-state index contributed by atoms with van der Waals surface area (Å²) in [4.78, 5) is 24.7. The number of para-hydroxylation sites is 2. The number of carboxylic acid groups (broad SMARTS) is 1. The number of ether oxygens (including phenoxy) is 1. The maximum atomic E-state index is 11.9. The number of nitrogens with zero attached hydrogens (tertiary/aromatic N) is 7. The van der Waals surface area contributed by atoms with Crippen molar-refractivity contribution in [1.29, 1.82) is 0 Å². The van der Waals surface area contributed by atoms with Gasteiger partial charge >= 0.3 is 5.97 Å². The van der Waals surface area contributed by atoms with Crippen LogP contribution in [-0.2, 0) is 7.05 Å². The van der Waals surface area contributed by atoms with E-state index in [1.807, 2.05) is 36.4 Å². The molecule has 0 saturated carbocycles. The van der Waals surface area contributed by atoms with E-state index in [1.54, 1.807) is 47.3 Å². The van der Waals surface area contributed by atoms with Gasteiger partial charge in [-0.2, -0.15) is 15.2 Å². The first-order chi connectivity index (χ1) is 17.5. The molecule has 0 saturated heterocycles. The summed E-state index contributed by atoms with van der Waals surface area (Å²) in [7, 11) is 3.28. The number of rotatable bonds is 8. The fourth-order valence-electron chi connectivity index (χ4n) is 3.55. The zero-order valence-corrected chi connectivity index (χ0v) is 19.3. The first kappa shape index (κ1) is 22.5. The van der Waals surface area contributed by atoms with E-state index in [1.165, 1.54) is 13.3 Å². The van der Waals surface area contributed by atoms with Gasteiger partial charge in [-0.3, -0.25) is 4.68 Å². The Labute approximate surface area is 205 Å². The number of carboxylic acids is 1. The number of hydrogen-bond donors (Lipinski definition) is 3. The van der Waals surface area contributed by atoms with Crippen LogP contribution in [0.3, 0.4) is 0 Å². The van der Waals surface area contributed by atoms with Crippen molar-refractivity contribution < 1.29 is 14.6 Å². The van der Waals surface area contributed by atoms with E-state index in [4.69, 9.17) is 4.74 Å². The number of aryl methyl sites for hydroxylation is 1. The van der Waals surface area contributed by atoms with Gasteiger partial charge in [0, 0.05) is 13.2 Å². The Bertz CT molecular complexity index is 1530. The van der Waals surface area contributed by atoms with Gasteiger partial charge in [0.05, 0.1) is 42.1 Å². The summed E-state index contributed by atoms with van der Waals surface area (Å²) in [6.07, 6.45) is 6.22. The number of carbonyl (C=O) groups is 1. The van der Waals surface area contributed by atoms with Crippen LogP contribution in [0.25, 0.3) is 17.1 Å². The summed E-state index contributed by atoms with van der Waals surface area (Å²) in [6.45, 7) is 0. The molecule has 12 nitrogen and oxygen atoms in total. The molecule has 0 radical (unpaired) electrons. The summed E-state index contributed by atoms with van der Waals surface area (Å²) in [5.74, 6) is 0.00759. The average Bonchev–Trinajstić information content (AvgIpc) is 3.53. The fourth-order valence-corrected chi connectivity index (χ4v) is 3.55. The van der Waals surface area contributed by atoms with Crippen LogP contribution in [0.4, 0.5) is 23.1 Å². The normalized spacial score (nSPS) is 10.7. The summed E-state index contributed by atoms with van der Waals surface area (Å²) >= 11 is 0. The molecular weight excluding hydrogens is 462 g/mol. The number of aromatic nitrogens is 7. The molecule has 36 heavy (non-hydrogen) atoms. The minimum Gasteiger partial charge on any atom is -0.494 e. The minimum atomic E-state index is -1.18. The van der Waals surface area contributed by atoms with Crippen molar-refractivity contribution in [2.75, 3.05) is 17.7 Å². The van der Waals surface area contributed by atoms with Gasteiger partial charge in [0.25, 0.3) is 0 Å². The van der Waals surface area contributed by atoms with Crippen LogP contribution in [0.2, 0.25) is 0 Å². The van der Waals surface area contributed by atoms with Crippen molar-refractivity contribution in [3.05, 3.63) is 79.0 Å².